The van der Waals surface area contributed by atoms with Gasteiger partial charge in [0, 0.05) is 44.0 Å². The second-order valence-corrected chi connectivity index (χ2v) is 17.4. The second kappa shape index (κ2) is 20.3. The molecule has 1 aliphatic rings. The number of thiazole rings is 1. The molecule has 0 bridgehead atoms. The SMILES string of the molecule is COc1ccc2nc(-c3ccc(-c4ccnc(NCCOCCOCC(=O)NC(C(=O)N5C[C@H](O)C[C@H]5C(=O)NCc5ccc(-c6scnc6C)cc5)C(C)(C)C)c4)cc3)cn2c1. The summed E-state index contributed by atoms with van der Waals surface area (Å²) in [6.45, 7) is 8.78. The molecule has 6 aromatic rings. The van der Waals surface area contributed by atoms with Crippen molar-refractivity contribution >= 4 is 40.5 Å². The summed E-state index contributed by atoms with van der Waals surface area (Å²) in [5.74, 6) is 0.202. The number of imidazole rings is 1. The lowest BCUT2D eigenvalue weighted by Crippen LogP contribution is -2.58. The first-order valence-electron chi connectivity index (χ1n) is 20.9. The van der Waals surface area contributed by atoms with Gasteiger partial charge in [0.25, 0.3) is 0 Å². The Balaban J connectivity index is 0.815. The number of methoxy groups -OCH3 is 1. The summed E-state index contributed by atoms with van der Waals surface area (Å²) in [6.07, 6.45) is 4.88. The van der Waals surface area contributed by atoms with Crippen molar-refractivity contribution in [2.45, 2.75) is 58.8 Å². The van der Waals surface area contributed by atoms with Crippen molar-refractivity contribution < 1.29 is 33.7 Å². The highest BCUT2D eigenvalue weighted by molar-refractivity contribution is 7.13. The Morgan fingerprint density at radius 2 is 1.65 bits per heavy atom. The summed E-state index contributed by atoms with van der Waals surface area (Å²) in [5, 5.41) is 19.6. The van der Waals surface area contributed by atoms with Crippen LogP contribution in [0, 0.1) is 12.3 Å². The number of nitrogens with zero attached hydrogens (tertiary/aromatic N) is 5. The van der Waals surface area contributed by atoms with Crippen LogP contribution in [0.25, 0.3) is 38.5 Å². The number of amides is 3. The third kappa shape index (κ3) is 11.4. The first-order valence-corrected chi connectivity index (χ1v) is 21.8. The Bertz CT molecular complexity index is 2500. The summed E-state index contributed by atoms with van der Waals surface area (Å²) in [6, 6.07) is 22.0. The molecule has 1 unspecified atom stereocenters. The molecule has 3 amide bonds. The standard InChI is InChI=1S/C47H54N8O7S/c1-30-43(63-29-51-30)34-8-6-31(7-9-34)24-50-45(58)39-23-36(56)25-55(39)46(59)44(47(2,3)4)53-42(57)28-62-21-20-61-19-18-49-40-22-35(16-17-48-40)32-10-12-33(13-11-32)38-27-54-26-37(60-5)14-15-41(54)52-38/h6-17,22,26-27,29,36,39,44,56H,18-21,23-25,28H2,1-5H3,(H,48,49)(H,50,58)(H,53,57)/t36-,39+,44?/m1/s1. The number of carbonyl (C=O) groups is 3. The first kappa shape index (κ1) is 44.8. The van der Waals surface area contributed by atoms with Crippen LogP contribution < -0.4 is 20.7 Å². The molecule has 4 aromatic heterocycles. The van der Waals surface area contributed by atoms with E-state index in [1.807, 2.05) is 98.5 Å². The van der Waals surface area contributed by atoms with Crippen LogP contribution in [0.2, 0.25) is 0 Å². The zero-order chi connectivity index (χ0) is 44.5. The number of hydrogen-bond acceptors (Lipinski definition) is 12. The molecule has 0 spiro atoms. The predicted octanol–water partition coefficient (Wildman–Crippen LogP) is 5.76. The Morgan fingerprint density at radius 3 is 2.38 bits per heavy atom. The Kier molecular flexibility index (Phi) is 14.5. The second-order valence-electron chi connectivity index (χ2n) is 16.5. The van der Waals surface area contributed by atoms with E-state index >= 15 is 0 Å². The quantitative estimate of drug-likeness (QED) is 0.0772. The molecule has 330 valence electrons. The van der Waals surface area contributed by atoms with E-state index in [1.165, 1.54) is 4.90 Å². The molecule has 15 nitrogen and oxygen atoms in total. The fourth-order valence-corrected chi connectivity index (χ4v) is 8.20. The molecule has 63 heavy (non-hydrogen) atoms. The number of aliphatic hydroxyl groups excluding tert-OH is 1. The molecule has 2 aromatic carbocycles. The van der Waals surface area contributed by atoms with E-state index in [0.29, 0.717) is 19.0 Å². The van der Waals surface area contributed by atoms with E-state index in [9.17, 15) is 19.5 Å². The number of carbonyl (C=O) groups excluding carboxylic acids is 3. The molecular weight excluding hydrogens is 821 g/mol. The molecular formula is C47H54N8O7S. The molecule has 0 radical (unpaired) electrons. The topological polar surface area (TPSA) is 182 Å². The number of rotatable bonds is 18. The third-order valence-electron chi connectivity index (χ3n) is 10.8. The minimum Gasteiger partial charge on any atom is -0.495 e. The Labute approximate surface area is 370 Å². The monoisotopic (exact) mass is 874 g/mol. The molecule has 0 saturated carbocycles. The maximum atomic E-state index is 14.0. The zero-order valence-corrected chi connectivity index (χ0v) is 37.0. The molecule has 16 heteroatoms. The number of aryl methyl sites for hydroxylation is 1. The van der Waals surface area contributed by atoms with Gasteiger partial charge in [0.2, 0.25) is 17.7 Å². The lowest BCUT2D eigenvalue weighted by Gasteiger charge is -2.35. The Hall–Kier alpha value is -6.20. The fourth-order valence-electron chi connectivity index (χ4n) is 7.39. The molecule has 0 aliphatic carbocycles. The van der Waals surface area contributed by atoms with Crippen molar-refractivity contribution in [1.82, 2.24) is 34.9 Å². The van der Waals surface area contributed by atoms with Crippen LogP contribution in [-0.2, 0) is 30.4 Å². The number of aromatic nitrogens is 4. The van der Waals surface area contributed by atoms with Crippen molar-refractivity contribution in [3.8, 4) is 38.6 Å². The Morgan fingerprint density at radius 1 is 0.905 bits per heavy atom. The highest BCUT2D eigenvalue weighted by Crippen LogP contribution is 2.29. The van der Waals surface area contributed by atoms with Crippen LogP contribution in [0.5, 0.6) is 5.75 Å². The van der Waals surface area contributed by atoms with Crippen LogP contribution in [0.4, 0.5) is 5.82 Å². The number of nitrogens with one attached hydrogen (secondary N) is 3. The minimum absolute atomic E-state index is 0.0110. The number of pyridine rings is 2. The number of anilines is 1. The van der Waals surface area contributed by atoms with Gasteiger partial charge in [-0.25, -0.2) is 15.0 Å². The van der Waals surface area contributed by atoms with Crippen LogP contribution in [0.15, 0.2) is 96.9 Å². The lowest BCUT2D eigenvalue weighted by molar-refractivity contribution is -0.144. The van der Waals surface area contributed by atoms with Gasteiger partial charge in [-0.1, -0.05) is 69.3 Å². The van der Waals surface area contributed by atoms with Crippen molar-refractivity contribution in [3.05, 3.63) is 108 Å². The van der Waals surface area contributed by atoms with Crippen molar-refractivity contribution in [2.24, 2.45) is 5.41 Å². The fraction of sp³-hybridized carbons (Fsp3) is 0.362. The van der Waals surface area contributed by atoms with Gasteiger partial charge in [-0.3, -0.25) is 14.4 Å². The van der Waals surface area contributed by atoms with E-state index in [1.54, 1.807) is 24.6 Å². The highest BCUT2D eigenvalue weighted by Gasteiger charge is 2.44. The summed E-state index contributed by atoms with van der Waals surface area (Å²) in [7, 11) is 1.64. The van der Waals surface area contributed by atoms with E-state index in [2.05, 4.69) is 50.2 Å². The highest BCUT2D eigenvalue weighted by atomic mass is 32.1. The van der Waals surface area contributed by atoms with Crippen LogP contribution >= 0.6 is 11.3 Å². The van der Waals surface area contributed by atoms with Gasteiger partial charge in [0.05, 0.1) is 61.0 Å². The number of β-amino-alcohol motifs (C(OH)–C–C–N with tert-alkyl or cyclic N) is 1. The maximum absolute atomic E-state index is 14.0. The summed E-state index contributed by atoms with van der Waals surface area (Å²) in [4.78, 5) is 56.3. The average Bonchev–Trinajstić information content (AvgIpc) is 4.03. The van der Waals surface area contributed by atoms with Gasteiger partial charge in [0.15, 0.2) is 0 Å². The normalized spacial score (nSPS) is 15.6. The van der Waals surface area contributed by atoms with Gasteiger partial charge in [0.1, 0.15) is 35.9 Å². The number of aliphatic hydroxyl groups is 1. The molecule has 5 heterocycles. The molecule has 3 atom stereocenters. The van der Waals surface area contributed by atoms with Gasteiger partial charge < -0.3 is 44.6 Å². The number of likely N-dealkylation sites (tertiary alicyclic amines) is 1. The minimum atomic E-state index is -0.959. The predicted molar refractivity (Wildman–Crippen MR) is 242 cm³/mol. The zero-order valence-electron chi connectivity index (χ0n) is 36.2. The number of benzene rings is 2. The van der Waals surface area contributed by atoms with E-state index in [4.69, 9.17) is 19.2 Å². The van der Waals surface area contributed by atoms with Crippen molar-refractivity contribution in [1.29, 1.82) is 0 Å². The average molecular weight is 875 g/mol. The molecule has 1 saturated heterocycles. The summed E-state index contributed by atoms with van der Waals surface area (Å²) < 4.78 is 18.6. The van der Waals surface area contributed by atoms with E-state index in [0.717, 1.165) is 55.5 Å². The van der Waals surface area contributed by atoms with Gasteiger partial charge in [-0.05, 0) is 58.9 Å². The van der Waals surface area contributed by atoms with Crippen LogP contribution in [0.1, 0.15) is 38.4 Å². The van der Waals surface area contributed by atoms with Crippen molar-refractivity contribution in [2.75, 3.05) is 51.9 Å². The van der Waals surface area contributed by atoms with Crippen LogP contribution in [0.3, 0.4) is 0 Å². The molecule has 1 fully saturated rings. The number of hydrogen-bond donors (Lipinski definition) is 4. The third-order valence-corrected chi connectivity index (χ3v) is 11.8. The summed E-state index contributed by atoms with van der Waals surface area (Å²) in [5.41, 5.74) is 8.82. The largest absolute Gasteiger partial charge is 0.495 e. The first-order chi connectivity index (χ1) is 30.4. The maximum Gasteiger partial charge on any atom is 0.246 e. The van der Waals surface area contributed by atoms with E-state index < -0.39 is 35.4 Å². The smallest absolute Gasteiger partial charge is 0.246 e. The van der Waals surface area contributed by atoms with Gasteiger partial charge in [-0.2, -0.15) is 0 Å². The molecule has 7 rings (SSSR count). The number of ether oxygens (including phenoxy) is 3. The van der Waals surface area contributed by atoms with Crippen LogP contribution in [-0.4, -0.2) is 112 Å². The molecule has 1 aliphatic heterocycles. The lowest BCUT2D eigenvalue weighted by atomic mass is 9.85. The van der Waals surface area contributed by atoms with Crippen molar-refractivity contribution in [3.63, 3.8) is 0 Å². The summed E-state index contributed by atoms with van der Waals surface area (Å²) >= 11 is 1.57. The van der Waals surface area contributed by atoms with Gasteiger partial charge >= 0.3 is 0 Å². The van der Waals surface area contributed by atoms with E-state index in [-0.39, 0.29) is 45.2 Å². The number of fused-ring (bicyclic) bond motifs is 1. The molecule has 4 N–H and O–H groups in total. The van der Waals surface area contributed by atoms with Gasteiger partial charge in [-0.15, -0.1) is 11.3 Å².